The molecule has 26 heavy (non-hydrogen) atoms. The minimum absolute atomic E-state index is 0.129. The van der Waals surface area contributed by atoms with Gasteiger partial charge in [0.15, 0.2) is 0 Å². The van der Waals surface area contributed by atoms with Crippen molar-refractivity contribution in [2.24, 2.45) is 0 Å². The first-order valence-corrected chi connectivity index (χ1v) is 10.4. The van der Waals surface area contributed by atoms with Gasteiger partial charge in [0.25, 0.3) is 5.91 Å². The second-order valence-electron chi connectivity index (χ2n) is 5.30. The van der Waals surface area contributed by atoms with Gasteiger partial charge in [-0.3, -0.25) is 14.8 Å². The minimum Gasteiger partial charge on any atom is -0.296 e. The zero-order valence-corrected chi connectivity index (χ0v) is 15.8. The lowest BCUT2D eigenvalue weighted by molar-refractivity contribution is 0.102. The molecule has 7 nitrogen and oxygen atoms in total. The molecular weight excluding hydrogens is 396 g/mol. The molecule has 0 spiro atoms. The van der Waals surface area contributed by atoms with Crippen molar-refractivity contribution in [1.82, 2.24) is 10.2 Å². The number of anilines is 2. The van der Waals surface area contributed by atoms with Crippen LogP contribution >= 0.6 is 22.9 Å². The van der Waals surface area contributed by atoms with Crippen molar-refractivity contribution in [3.05, 3.63) is 59.1 Å². The van der Waals surface area contributed by atoms with E-state index in [0.29, 0.717) is 10.1 Å². The van der Waals surface area contributed by atoms with E-state index < -0.39 is 15.9 Å². The lowest BCUT2D eigenvalue weighted by Gasteiger charge is -2.08. The Bertz CT molecular complexity index is 1050. The summed E-state index contributed by atoms with van der Waals surface area (Å²) in [6.07, 6.45) is 1.00. The van der Waals surface area contributed by atoms with Crippen molar-refractivity contribution in [3.63, 3.8) is 0 Å². The van der Waals surface area contributed by atoms with Gasteiger partial charge in [0, 0.05) is 11.1 Å². The van der Waals surface area contributed by atoms with Crippen LogP contribution in [0.1, 0.15) is 10.4 Å². The first-order chi connectivity index (χ1) is 12.3. The molecule has 0 aliphatic heterocycles. The molecular formula is C16H13ClN4O3S2. The highest BCUT2D eigenvalue weighted by Gasteiger charge is 2.14. The minimum atomic E-state index is -3.51. The lowest BCUT2D eigenvalue weighted by Crippen LogP contribution is -2.14. The van der Waals surface area contributed by atoms with Gasteiger partial charge in [-0.25, -0.2) is 8.42 Å². The van der Waals surface area contributed by atoms with E-state index in [9.17, 15) is 13.2 Å². The summed E-state index contributed by atoms with van der Waals surface area (Å²) in [6, 6.07) is 13.8. The van der Waals surface area contributed by atoms with Crippen LogP contribution in [0.4, 0.5) is 10.8 Å². The summed E-state index contributed by atoms with van der Waals surface area (Å²) < 4.78 is 25.0. The number of rotatable bonds is 5. The van der Waals surface area contributed by atoms with Crippen molar-refractivity contribution in [2.45, 2.75) is 0 Å². The second-order valence-corrected chi connectivity index (χ2v) is 8.43. The van der Waals surface area contributed by atoms with Crippen molar-refractivity contribution in [1.29, 1.82) is 0 Å². The summed E-state index contributed by atoms with van der Waals surface area (Å²) in [5.74, 6) is -0.450. The molecule has 2 N–H and O–H groups in total. The van der Waals surface area contributed by atoms with Gasteiger partial charge < -0.3 is 0 Å². The number of carbonyl (C=O) groups is 1. The molecule has 10 heteroatoms. The smallest absolute Gasteiger partial charge is 0.257 e. The van der Waals surface area contributed by atoms with E-state index in [4.69, 9.17) is 11.6 Å². The molecule has 0 saturated heterocycles. The van der Waals surface area contributed by atoms with E-state index in [0.717, 1.165) is 11.8 Å². The number of sulfonamides is 1. The van der Waals surface area contributed by atoms with Crippen molar-refractivity contribution in [2.75, 3.05) is 16.3 Å². The number of hydrogen-bond acceptors (Lipinski definition) is 6. The van der Waals surface area contributed by atoms with Gasteiger partial charge in [-0.05, 0) is 18.2 Å². The van der Waals surface area contributed by atoms with Gasteiger partial charge in [0.2, 0.25) is 15.2 Å². The highest BCUT2D eigenvalue weighted by atomic mass is 35.5. The van der Waals surface area contributed by atoms with Crippen LogP contribution in [0.15, 0.2) is 48.5 Å². The molecule has 3 rings (SSSR count). The van der Waals surface area contributed by atoms with Crippen LogP contribution in [-0.2, 0) is 10.0 Å². The average molecular weight is 409 g/mol. The fourth-order valence-corrected chi connectivity index (χ4v) is 3.62. The Balaban J connectivity index is 1.78. The van der Waals surface area contributed by atoms with Crippen LogP contribution in [0.2, 0.25) is 5.02 Å². The van der Waals surface area contributed by atoms with Crippen molar-refractivity contribution >= 4 is 49.7 Å². The number of hydrogen-bond donors (Lipinski definition) is 2. The molecule has 0 atom stereocenters. The molecule has 0 radical (unpaired) electrons. The number of nitrogens with zero attached hydrogens (tertiary/aromatic N) is 2. The molecule has 1 amide bonds. The van der Waals surface area contributed by atoms with Crippen LogP contribution in [0.3, 0.4) is 0 Å². The van der Waals surface area contributed by atoms with Gasteiger partial charge in [-0.1, -0.05) is 53.3 Å². The van der Waals surface area contributed by atoms with E-state index in [1.807, 2.05) is 30.3 Å². The predicted octanol–water partition coefficient (Wildman–Crippen LogP) is 3.48. The van der Waals surface area contributed by atoms with E-state index in [2.05, 4.69) is 20.2 Å². The summed E-state index contributed by atoms with van der Waals surface area (Å²) in [5, 5.41) is 11.9. The summed E-state index contributed by atoms with van der Waals surface area (Å²) in [4.78, 5) is 12.4. The maximum atomic E-state index is 12.4. The molecule has 2 aromatic carbocycles. The fraction of sp³-hybridized carbons (Fsp3) is 0.0625. The van der Waals surface area contributed by atoms with Crippen LogP contribution in [0, 0.1) is 0 Å². The number of nitrogens with one attached hydrogen (secondary N) is 2. The van der Waals surface area contributed by atoms with Crippen molar-refractivity contribution < 1.29 is 13.2 Å². The molecule has 1 aromatic heterocycles. The monoisotopic (exact) mass is 408 g/mol. The normalized spacial score (nSPS) is 11.2. The number of aromatic nitrogens is 2. The SMILES string of the molecule is CS(=O)(=O)Nc1cc(C(=O)Nc2nnc(-c3ccccc3)s2)ccc1Cl. The third-order valence-corrected chi connectivity index (χ3v) is 5.00. The Labute approximate surface area is 159 Å². The second kappa shape index (κ2) is 7.40. The summed E-state index contributed by atoms with van der Waals surface area (Å²) >= 11 is 7.19. The van der Waals surface area contributed by atoms with Gasteiger partial charge in [0.1, 0.15) is 5.01 Å². The fourth-order valence-electron chi connectivity index (χ4n) is 2.08. The molecule has 0 saturated carbocycles. The molecule has 0 fully saturated rings. The molecule has 0 unspecified atom stereocenters. The quantitative estimate of drug-likeness (QED) is 0.673. The third kappa shape index (κ3) is 4.57. The first-order valence-electron chi connectivity index (χ1n) is 7.29. The first kappa shape index (κ1) is 18.3. The van der Waals surface area contributed by atoms with Crippen LogP contribution in [0.5, 0.6) is 0 Å². The maximum absolute atomic E-state index is 12.4. The van der Waals surface area contributed by atoms with Gasteiger partial charge in [0.05, 0.1) is 17.0 Å². The molecule has 134 valence electrons. The Morgan fingerprint density at radius 2 is 1.85 bits per heavy atom. The van der Waals surface area contributed by atoms with Crippen LogP contribution < -0.4 is 10.0 Å². The van der Waals surface area contributed by atoms with Crippen LogP contribution in [0.25, 0.3) is 10.6 Å². The Hall–Kier alpha value is -2.49. The van der Waals surface area contributed by atoms with E-state index in [-0.39, 0.29) is 16.3 Å². The van der Waals surface area contributed by atoms with E-state index in [1.54, 1.807) is 0 Å². The van der Waals surface area contributed by atoms with Crippen LogP contribution in [-0.4, -0.2) is 30.8 Å². The third-order valence-electron chi connectivity index (χ3n) is 3.19. The summed E-state index contributed by atoms with van der Waals surface area (Å²) in [7, 11) is -3.51. The number of amides is 1. The molecule has 3 aromatic rings. The summed E-state index contributed by atoms with van der Waals surface area (Å²) in [5.41, 5.74) is 1.26. The standard InChI is InChI=1S/C16H13ClN4O3S2/c1-26(23,24)21-13-9-11(7-8-12(13)17)14(22)18-16-20-19-15(25-16)10-5-3-2-4-6-10/h2-9,21H,1H3,(H,18,20,22). The zero-order chi connectivity index (χ0) is 18.7. The Morgan fingerprint density at radius 1 is 1.12 bits per heavy atom. The number of halogens is 1. The van der Waals surface area contributed by atoms with E-state index in [1.165, 1.54) is 29.5 Å². The van der Waals surface area contributed by atoms with Gasteiger partial charge >= 0.3 is 0 Å². The highest BCUT2D eigenvalue weighted by molar-refractivity contribution is 7.92. The summed E-state index contributed by atoms with van der Waals surface area (Å²) in [6.45, 7) is 0. The molecule has 0 aliphatic rings. The Kier molecular flexibility index (Phi) is 5.21. The van der Waals surface area contributed by atoms with Gasteiger partial charge in [-0.2, -0.15) is 0 Å². The van der Waals surface area contributed by atoms with E-state index >= 15 is 0 Å². The number of benzene rings is 2. The van der Waals surface area contributed by atoms with Gasteiger partial charge in [-0.15, -0.1) is 10.2 Å². The molecule has 1 heterocycles. The molecule has 0 aliphatic carbocycles. The van der Waals surface area contributed by atoms with Crippen molar-refractivity contribution in [3.8, 4) is 10.6 Å². The average Bonchev–Trinajstić information content (AvgIpc) is 3.05. The largest absolute Gasteiger partial charge is 0.296 e. The maximum Gasteiger partial charge on any atom is 0.257 e. The predicted molar refractivity (Wildman–Crippen MR) is 103 cm³/mol. The Morgan fingerprint density at radius 3 is 2.54 bits per heavy atom. The highest BCUT2D eigenvalue weighted by Crippen LogP contribution is 2.27. The lowest BCUT2D eigenvalue weighted by atomic mass is 10.2. The zero-order valence-electron chi connectivity index (χ0n) is 13.4. The topological polar surface area (TPSA) is 101 Å². The number of carbonyl (C=O) groups excluding carboxylic acids is 1. The molecule has 0 bridgehead atoms.